The Labute approximate surface area is 214 Å². The fourth-order valence-electron chi connectivity index (χ4n) is 5.30. The topological polar surface area (TPSA) is 120 Å². The number of ether oxygens (including phenoxy) is 1. The molecule has 0 radical (unpaired) electrons. The first-order chi connectivity index (χ1) is 17.2. The number of amides is 3. The molecule has 1 saturated carbocycles. The van der Waals surface area contributed by atoms with Crippen molar-refractivity contribution in [2.24, 2.45) is 5.92 Å². The van der Waals surface area contributed by atoms with Gasteiger partial charge in [0.25, 0.3) is 0 Å². The van der Waals surface area contributed by atoms with E-state index in [9.17, 15) is 19.5 Å². The number of hydrogen-bond acceptors (Lipinski definition) is 6. The molecule has 9 heteroatoms. The second-order valence-corrected chi connectivity index (χ2v) is 10.5. The molecule has 0 saturated heterocycles. The number of benzene rings is 1. The Hall–Kier alpha value is -2.65. The Bertz CT molecular complexity index is 894. The van der Waals surface area contributed by atoms with Crippen LogP contribution in [0.5, 0.6) is 5.75 Å². The highest BCUT2D eigenvalue weighted by molar-refractivity contribution is 5.92. The van der Waals surface area contributed by atoms with Crippen molar-refractivity contribution < 1.29 is 24.2 Å². The van der Waals surface area contributed by atoms with Gasteiger partial charge in [0.05, 0.1) is 18.2 Å². The van der Waals surface area contributed by atoms with Crippen LogP contribution in [0.4, 0.5) is 0 Å². The van der Waals surface area contributed by atoms with Crippen LogP contribution < -0.4 is 20.7 Å². The average molecular weight is 503 g/mol. The number of carbonyl (C=O) groups is 3. The summed E-state index contributed by atoms with van der Waals surface area (Å²) in [5.74, 6) is -0.176. The van der Waals surface area contributed by atoms with E-state index in [1.807, 2.05) is 24.3 Å². The van der Waals surface area contributed by atoms with Crippen molar-refractivity contribution in [1.29, 1.82) is 0 Å². The van der Waals surface area contributed by atoms with Gasteiger partial charge in [-0.15, -0.1) is 0 Å². The van der Waals surface area contributed by atoms with Crippen molar-refractivity contribution in [3.63, 3.8) is 0 Å². The molecule has 0 bridgehead atoms. The number of aliphatic hydroxyl groups is 1. The number of hydrogen-bond donors (Lipinski definition) is 4. The Morgan fingerprint density at radius 1 is 1.00 bits per heavy atom. The molecule has 3 amide bonds. The van der Waals surface area contributed by atoms with Gasteiger partial charge in [-0.2, -0.15) is 0 Å². The number of rotatable bonds is 2. The van der Waals surface area contributed by atoms with Crippen LogP contribution in [-0.2, 0) is 20.8 Å². The Morgan fingerprint density at radius 3 is 2.44 bits per heavy atom. The molecule has 36 heavy (non-hydrogen) atoms. The second kappa shape index (κ2) is 13.1. The fourth-order valence-corrected chi connectivity index (χ4v) is 5.30. The smallest absolute Gasteiger partial charge is 0.246 e. The van der Waals surface area contributed by atoms with E-state index in [1.54, 1.807) is 7.05 Å². The Kier molecular flexibility index (Phi) is 10.1. The van der Waals surface area contributed by atoms with Gasteiger partial charge in [0.15, 0.2) is 0 Å². The van der Waals surface area contributed by atoms with Crippen LogP contribution in [0.1, 0.15) is 57.9 Å². The third kappa shape index (κ3) is 7.67. The second-order valence-electron chi connectivity index (χ2n) is 10.5. The van der Waals surface area contributed by atoms with Gasteiger partial charge in [-0.05, 0) is 57.1 Å². The highest BCUT2D eigenvalue weighted by atomic mass is 16.5. The molecule has 1 aliphatic carbocycles. The summed E-state index contributed by atoms with van der Waals surface area (Å²) < 4.78 is 6.07. The summed E-state index contributed by atoms with van der Waals surface area (Å²) in [5.41, 5.74) is -0.440. The van der Waals surface area contributed by atoms with Crippen LogP contribution in [0.25, 0.3) is 0 Å². The highest BCUT2D eigenvalue weighted by Gasteiger charge is 2.42. The maximum atomic E-state index is 13.8. The number of nitrogens with zero attached hydrogens (tertiary/aromatic N) is 1. The van der Waals surface area contributed by atoms with E-state index in [-0.39, 0.29) is 24.3 Å². The maximum absolute atomic E-state index is 13.8. The van der Waals surface area contributed by atoms with Crippen molar-refractivity contribution in [2.45, 2.75) is 76.5 Å². The summed E-state index contributed by atoms with van der Waals surface area (Å²) in [6.45, 7) is 4.11. The van der Waals surface area contributed by atoms with E-state index in [0.29, 0.717) is 19.7 Å². The summed E-state index contributed by atoms with van der Waals surface area (Å²) >= 11 is 0. The van der Waals surface area contributed by atoms with Gasteiger partial charge in [-0.1, -0.05) is 37.5 Å². The molecule has 9 nitrogen and oxygen atoms in total. The van der Waals surface area contributed by atoms with Gasteiger partial charge in [0.2, 0.25) is 17.7 Å². The molecule has 4 N–H and O–H groups in total. The molecule has 1 aromatic rings. The normalized spacial score (nSPS) is 24.6. The van der Waals surface area contributed by atoms with Gasteiger partial charge in [-0.25, -0.2) is 0 Å². The number of para-hydroxylation sites is 1. The molecular formula is C27H42N4O5. The average Bonchev–Trinajstić information content (AvgIpc) is 2.85. The van der Waals surface area contributed by atoms with E-state index < -0.39 is 23.6 Å². The molecule has 0 spiro atoms. The van der Waals surface area contributed by atoms with E-state index in [0.717, 1.165) is 56.3 Å². The van der Waals surface area contributed by atoms with Gasteiger partial charge in [0.1, 0.15) is 18.4 Å². The minimum absolute atomic E-state index is 0.142. The molecular weight excluding hydrogens is 460 g/mol. The number of carbonyl (C=O) groups excluding carboxylic acids is 3. The summed E-state index contributed by atoms with van der Waals surface area (Å²) in [5, 5.41) is 19.6. The summed E-state index contributed by atoms with van der Waals surface area (Å²) in [7, 11) is 1.55. The maximum Gasteiger partial charge on any atom is 0.246 e. The highest BCUT2D eigenvalue weighted by Crippen LogP contribution is 2.28. The van der Waals surface area contributed by atoms with Gasteiger partial charge >= 0.3 is 0 Å². The zero-order chi connectivity index (χ0) is 26.1. The number of fused-ring (bicyclic) bond motifs is 1. The van der Waals surface area contributed by atoms with E-state index >= 15 is 0 Å². The molecule has 1 heterocycles. The Balaban J connectivity index is 1.84. The van der Waals surface area contributed by atoms with Crippen molar-refractivity contribution in [3.8, 4) is 5.75 Å². The van der Waals surface area contributed by atoms with Crippen molar-refractivity contribution in [1.82, 2.24) is 20.9 Å². The van der Waals surface area contributed by atoms with E-state index in [2.05, 4.69) is 16.0 Å². The summed E-state index contributed by atoms with van der Waals surface area (Å²) in [6.07, 6.45) is 6.62. The van der Waals surface area contributed by atoms with Crippen LogP contribution >= 0.6 is 0 Å². The lowest BCUT2D eigenvalue weighted by molar-refractivity contribution is -0.150. The standard InChI is InChI=1S/C27H42N4O5/c1-27(2,35)24-25(33)30-18-22(32)28-15-9-13-19-10-7-8-14-21(19)36-17-16-29-23(26(34)31(24)3)20-11-5-4-6-12-20/h7-8,10,14,20,23-24,29,35H,4-6,9,11-13,15-18H2,1-3H3,(H,28,32)(H,30,33). The van der Waals surface area contributed by atoms with Crippen LogP contribution in [0.15, 0.2) is 24.3 Å². The van der Waals surface area contributed by atoms with Gasteiger partial charge < -0.3 is 30.7 Å². The molecule has 0 aromatic heterocycles. The molecule has 3 rings (SSSR count). The number of nitrogens with one attached hydrogen (secondary N) is 3. The zero-order valence-electron chi connectivity index (χ0n) is 21.8. The lowest BCUT2D eigenvalue weighted by Gasteiger charge is -2.39. The van der Waals surface area contributed by atoms with Crippen LogP contribution in [0.3, 0.4) is 0 Å². The first kappa shape index (κ1) is 27.9. The first-order valence-electron chi connectivity index (χ1n) is 13.2. The lowest BCUT2D eigenvalue weighted by atomic mass is 9.82. The third-order valence-electron chi connectivity index (χ3n) is 7.10. The molecule has 1 fully saturated rings. The lowest BCUT2D eigenvalue weighted by Crippen LogP contribution is -2.62. The largest absolute Gasteiger partial charge is 0.492 e. The van der Waals surface area contributed by atoms with Crippen LogP contribution in [0.2, 0.25) is 0 Å². The molecule has 1 aliphatic heterocycles. The van der Waals surface area contributed by atoms with Crippen molar-refractivity contribution in [2.75, 3.05) is 33.3 Å². The SMILES string of the molecule is CN1C(=O)C(C2CCCCC2)NCCOc2ccccc2CCCNC(=O)CNC(=O)C1C(C)(C)O. The molecule has 2 atom stereocenters. The minimum atomic E-state index is -1.50. The van der Waals surface area contributed by atoms with E-state index in [4.69, 9.17) is 4.74 Å². The fraction of sp³-hybridized carbons (Fsp3) is 0.667. The van der Waals surface area contributed by atoms with Crippen molar-refractivity contribution in [3.05, 3.63) is 29.8 Å². The molecule has 2 unspecified atom stereocenters. The number of likely N-dealkylation sites (N-methyl/N-ethyl adjacent to an activating group) is 1. The number of aryl methyl sites for hydroxylation is 1. The molecule has 2 aliphatic rings. The first-order valence-corrected chi connectivity index (χ1v) is 13.2. The van der Waals surface area contributed by atoms with Gasteiger partial charge in [0, 0.05) is 20.1 Å². The zero-order valence-corrected chi connectivity index (χ0v) is 21.8. The van der Waals surface area contributed by atoms with Crippen LogP contribution in [-0.4, -0.2) is 78.7 Å². The van der Waals surface area contributed by atoms with E-state index in [1.165, 1.54) is 18.7 Å². The monoisotopic (exact) mass is 502 g/mol. The minimum Gasteiger partial charge on any atom is -0.492 e. The quantitative estimate of drug-likeness (QED) is 0.485. The third-order valence-corrected chi connectivity index (χ3v) is 7.10. The predicted octanol–water partition coefficient (Wildman–Crippen LogP) is 1.38. The summed E-state index contributed by atoms with van der Waals surface area (Å²) in [4.78, 5) is 40.5. The predicted molar refractivity (Wildman–Crippen MR) is 137 cm³/mol. The molecule has 200 valence electrons. The van der Waals surface area contributed by atoms with Gasteiger partial charge in [-0.3, -0.25) is 14.4 Å². The molecule has 1 aromatic carbocycles. The van der Waals surface area contributed by atoms with Crippen LogP contribution in [0, 0.1) is 5.92 Å². The van der Waals surface area contributed by atoms with Crippen molar-refractivity contribution >= 4 is 17.7 Å². The summed E-state index contributed by atoms with van der Waals surface area (Å²) in [6, 6.07) is 6.22. The Morgan fingerprint density at radius 2 is 1.72 bits per heavy atom.